The van der Waals surface area contributed by atoms with E-state index in [9.17, 15) is 18.1 Å². The highest BCUT2D eigenvalue weighted by Crippen LogP contribution is 2.22. The molecule has 0 heterocycles. The maximum Gasteiger partial charge on any atom is 0.119 e. The van der Waals surface area contributed by atoms with Gasteiger partial charge in [0.05, 0.1) is 15.9 Å². The van der Waals surface area contributed by atoms with E-state index in [1.165, 1.54) is 366 Å². The van der Waals surface area contributed by atoms with Crippen molar-refractivity contribution < 1.29 is 22.6 Å². The van der Waals surface area contributed by atoms with Crippen LogP contribution in [0.5, 0.6) is 0 Å². The van der Waals surface area contributed by atoms with E-state index >= 15 is 0 Å². The van der Waals surface area contributed by atoms with Crippen LogP contribution in [0.3, 0.4) is 0 Å². The molecule has 0 aromatic rings. The second-order valence-electron chi connectivity index (χ2n) is 26.2. The highest BCUT2D eigenvalue weighted by Gasteiger charge is 2.25. The fraction of sp³-hybridized carbons (Fsp3) is 0.920. The van der Waals surface area contributed by atoms with Crippen LogP contribution in [0, 0.1) is 0 Å². The number of rotatable bonds is 70. The largest absolute Gasteiger partial charge is 0.748 e. The number of hydrogen-bond donors (Lipinski definition) is 1. The van der Waals surface area contributed by atoms with E-state index in [1.807, 2.05) is 0 Å². The number of allylic oxidation sites excluding steroid dienone is 3. The molecule has 0 fully saturated rings. The lowest BCUT2D eigenvalue weighted by Crippen LogP contribution is -2.41. The Hall–Kier alpha value is -0.950. The van der Waals surface area contributed by atoms with Gasteiger partial charge < -0.3 is 9.66 Å². The maximum absolute atomic E-state index is 11.8. The first-order valence-electron chi connectivity index (χ1n) is 37.3. The van der Waals surface area contributed by atoms with Gasteiger partial charge in [-0.2, -0.15) is 0 Å². The molecule has 0 bridgehead atoms. The summed E-state index contributed by atoms with van der Waals surface area (Å²) < 4.78 is 35.8. The standard InChI is InChI=1S/C75H147NO4S/c1-4-7-10-13-16-19-22-25-28-31-34-37-40-43-46-49-52-55-58-61-64-67-70-76(73-75(77)74-81(78,79)80,71-68-65-62-59-56-53-50-47-44-41-38-35-32-29-26-23-20-17-14-11-8-5-2)72-69-66-63-60-57-54-51-48-45-42-39-36-33-30-27-24-21-18-15-12-9-6-3/h67-72,75,77H,4-66,73-74H2,1-3H3/b70-67+,71-68+,72-69+. The van der Waals surface area contributed by atoms with Crippen LogP contribution < -0.4 is 0 Å². The van der Waals surface area contributed by atoms with Crippen molar-refractivity contribution in [1.29, 1.82) is 0 Å². The Kier molecular flexibility index (Phi) is 65.8. The SMILES string of the molecule is CCCCCCCCCCCCCCCCCCCCCC/C=C/[N+](/C=C/CCCCCCCCCCCCCCCCCCCCCC)(/C=C/CCCCCCCCCCCCCCCCCCCCCC)CC(O)CS(=O)(=O)[O-]. The third-order valence-corrected chi connectivity index (χ3v) is 18.5. The molecule has 0 spiro atoms. The number of aliphatic hydroxyl groups is 1. The summed E-state index contributed by atoms with van der Waals surface area (Å²) in [6.45, 7) is 7.05. The molecule has 1 N–H and O–H groups in total. The molecule has 81 heavy (non-hydrogen) atoms. The van der Waals surface area contributed by atoms with Gasteiger partial charge >= 0.3 is 0 Å². The van der Waals surface area contributed by atoms with Crippen LogP contribution in [0.4, 0.5) is 0 Å². The van der Waals surface area contributed by atoms with E-state index in [2.05, 4.69) is 57.6 Å². The number of nitrogens with zero attached hydrogens (tertiary/aromatic N) is 1. The van der Waals surface area contributed by atoms with Gasteiger partial charge in [-0.1, -0.05) is 387 Å². The summed E-state index contributed by atoms with van der Waals surface area (Å²) in [6, 6.07) is 0. The topological polar surface area (TPSA) is 77.4 Å². The van der Waals surface area contributed by atoms with Crippen LogP contribution in [-0.4, -0.2) is 41.0 Å². The van der Waals surface area contributed by atoms with Crippen molar-refractivity contribution in [2.45, 2.75) is 431 Å². The second-order valence-corrected chi connectivity index (χ2v) is 27.7. The smallest absolute Gasteiger partial charge is 0.119 e. The fourth-order valence-electron chi connectivity index (χ4n) is 12.3. The molecule has 0 aromatic carbocycles. The Balaban J connectivity index is 4.85. The summed E-state index contributed by atoms with van der Waals surface area (Å²) in [6.07, 6.45) is 97.7. The monoisotopic (exact) mass is 1160 g/mol. The van der Waals surface area contributed by atoms with Crippen molar-refractivity contribution in [3.63, 3.8) is 0 Å². The second kappa shape index (κ2) is 66.6. The molecule has 0 amide bonds. The predicted molar refractivity (Wildman–Crippen MR) is 361 cm³/mol. The summed E-state index contributed by atoms with van der Waals surface area (Å²) in [7, 11) is -4.55. The quantitative estimate of drug-likeness (QED) is 0.0374. The third-order valence-electron chi connectivity index (χ3n) is 17.7. The summed E-state index contributed by atoms with van der Waals surface area (Å²) in [4.78, 5) is 0. The van der Waals surface area contributed by atoms with Crippen molar-refractivity contribution in [1.82, 2.24) is 0 Å². The number of aliphatic hydroxyl groups excluding tert-OH is 1. The molecule has 1 unspecified atom stereocenters. The fourth-order valence-corrected chi connectivity index (χ4v) is 12.9. The Morgan fingerprint density at radius 2 is 0.432 bits per heavy atom. The molecule has 0 aliphatic heterocycles. The van der Waals surface area contributed by atoms with Crippen LogP contribution in [0.2, 0.25) is 0 Å². The minimum absolute atomic E-state index is 0.155. The van der Waals surface area contributed by atoms with Gasteiger partial charge in [-0.05, 0) is 56.8 Å². The molecule has 0 saturated heterocycles. The zero-order valence-corrected chi connectivity index (χ0v) is 56.3. The van der Waals surface area contributed by atoms with Crippen LogP contribution in [0.25, 0.3) is 0 Å². The van der Waals surface area contributed by atoms with Gasteiger partial charge in [0.2, 0.25) is 0 Å². The van der Waals surface area contributed by atoms with Gasteiger partial charge in [-0.15, -0.1) is 0 Å². The van der Waals surface area contributed by atoms with Crippen molar-refractivity contribution >= 4 is 10.1 Å². The van der Waals surface area contributed by atoms with Gasteiger partial charge in [-0.3, -0.25) is 0 Å². The Labute approximate surface area is 510 Å². The molecular weight excluding hydrogens is 1010 g/mol. The van der Waals surface area contributed by atoms with Crippen molar-refractivity contribution in [2.24, 2.45) is 0 Å². The average molecular weight is 1160 g/mol. The first-order valence-corrected chi connectivity index (χ1v) is 38.9. The number of quaternary nitrogens is 1. The van der Waals surface area contributed by atoms with E-state index in [1.54, 1.807) is 0 Å². The number of unbranched alkanes of at least 4 members (excludes halogenated alkanes) is 60. The van der Waals surface area contributed by atoms with E-state index in [0.29, 0.717) is 0 Å². The molecule has 0 aliphatic rings. The lowest BCUT2D eigenvalue weighted by molar-refractivity contribution is -0.777. The molecule has 5 nitrogen and oxygen atoms in total. The zero-order valence-electron chi connectivity index (χ0n) is 55.5. The molecule has 0 aromatic heterocycles. The highest BCUT2D eigenvalue weighted by atomic mass is 32.2. The van der Waals surface area contributed by atoms with E-state index in [-0.39, 0.29) is 11.0 Å². The Morgan fingerprint density at radius 3 is 0.580 bits per heavy atom. The lowest BCUT2D eigenvalue weighted by Gasteiger charge is -2.29. The summed E-state index contributed by atoms with van der Waals surface area (Å²) >= 11 is 0. The molecule has 0 rings (SSSR count). The first-order chi connectivity index (χ1) is 39.8. The average Bonchev–Trinajstić information content (AvgIpc) is 3.46. The van der Waals surface area contributed by atoms with Crippen LogP contribution in [0.15, 0.2) is 36.8 Å². The van der Waals surface area contributed by atoms with E-state index in [4.69, 9.17) is 0 Å². The normalized spacial score (nSPS) is 12.9. The molecule has 0 aliphatic carbocycles. The molecule has 1 atom stereocenters. The number of hydrogen-bond acceptors (Lipinski definition) is 4. The zero-order chi connectivity index (χ0) is 58.8. The third kappa shape index (κ3) is 66.4. The van der Waals surface area contributed by atoms with E-state index in [0.717, 1.165) is 38.5 Å². The predicted octanol–water partition coefficient (Wildman–Crippen LogP) is 25.9. The van der Waals surface area contributed by atoms with Gasteiger partial charge in [0.15, 0.2) is 0 Å². The highest BCUT2D eigenvalue weighted by molar-refractivity contribution is 7.85. The van der Waals surface area contributed by atoms with Crippen molar-refractivity contribution in [3.8, 4) is 0 Å². The summed E-state index contributed by atoms with van der Waals surface area (Å²) in [5.41, 5.74) is 0. The minimum Gasteiger partial charge on any atom is -0.748 e. The Morgan fingerprint density at radius 1 is 0.284 bits per heavy atom. The van der Waals surface area contributed by atoms with Crippen LogP contribution in [0.1, 0.15) is 425 Å². The first kappa shape index (κ1) is 80.0. The molecule has 6 heteroatoms. The molecule has 0 saturated carbocycles. The van der Waals surface area contributed by atoms with Crippen LogP contribution >= 0.6 is 0 Å². The van der Waals surface area contributed by atoms with E-state index < -0.39 is 22.0 Å². The Bertz CT molecular complexity index is 1260. The van der Waals surface area contributed by atoms with Gasteiger partial charge in [-0.25, -0.2) is 12.9 Å². The molecule has 482 valence electrons. The van der Waals surface area contributed by atoms with Gasteiger partial charge in [0, 0.05) is 0 Å². The van der Waals surface area contributed by atoms with Gasteiger partial charge in [0.1, 0.15) is 31.2 Å². The molecule has 0 radical (unpaired) electrons. The summed E-state index contributed by atoms with van der Waals surface area (Å²) in [5.74, 6) is -0.749. The van der Waals surface area contributed by atoms with Crippen LogP contribution in [-0.2, 0) is 10.1 Å². The lowest BCUT2D eigenvalue weighted by atomic mass is 10.0. The minimum atomic E-state index is -4.55. The van der Waals surface area contributed by atoms with Crippen molar-refractivity contribution in [3.05, 3.63) is 36.8 Å². The van der Waals surface area contributed by atoms with Gasteiger partial charge in [0.25, 0.3) is 0 Å². The summed E-state index contributed by atoms with van der Waals surface area (Å²) in [5, 5.41) is 11.1. The van der Waals surface area contributed by atoms with Crippen molar-refractivity contribution in [2.75, 3.05) is 12.3 Å². The maximum atomic E-state index is 11.8. The molecular formula is C75H147NO4S.